The Balaban J connectivity index is 2.14. The minimum absolute atomic E-state index is 0.150. The van der Waals surface area contributed by atoms with Gasteiger partial charge in [-0.25, -0.2) is 0 Å². The van der Waals surface area contributed by atoms with Gasteiger partial charge in [0.05, 0.1) is 12.3 Å². The fraction of sp³-hybridized carbons (Fsp3) is 0.867. The van der Waals surface area contributed by atoms with Crippen LogP contribution in [0.3, 0.4) is 0 Å². The Morgan fingerprint density at radius 1 is 1.05 bits per heavy atom. The molecular formula is C15H27N3O2. The lowest BCUT2D eigenvalue weighted by atomic mass is 10.2. The first kappa shape index (κ1) is 15.3. The summed E-state index contributed by atoms with van der Waals surface area (Å²) in [5, 5.41) is 0. The molecule has 0 saturated carbocycles. The molecule has 2 heterocycles. The zero-order valence-electron chi connectivity index (χ0n) is 13.0. The van der Waals surface area contributed by atoms with Gasteiger partial charge >= 0.3 is 0 Å². The topological polar surface area (TPSA) is 43.9 Å². The Labute approximate surface area is 121 Å². The highest BCUT2D eigenvalue weighted by Gasteiger charge is 2.39. The lowest BCUT2D eigenvalue weighted by Gasteiger charge is -2.41. The van der Waals surface area contributed by atoms with Crippen molar-refractivity contribution in [2.75, 3.05) is 19.6 Å². The first-order valence-corrected chi connectivity index (χ1v) is 7.92. The summed E-state index contributed by atoms with van der Waals surface area (Å²) in [7, 11) is 0. The van der Waals surface area contributed by atoms with E-state index in [0.717, 1.165) is 45.3 Å². The largest absolute Gasteiger partial charge is 0.327 e. The molecule has 5 nitrogen and oxygen atoms in total. The maximum atomic E-state index is 12.1. The number of rotatable bonds is 4. The van der Waals surface area contributed by atoms with Crippen molar-refractivity contribution < 1.29 is 9.59 Å². The Morgan fingerprint density at radius 3 is 2.10 bits per heavy atom. The highest BCUT2D eigenvalue weighted by molar-refractivity contribution is 5.76. The van der Waals surface area contributed by atoms with Crippen LogP contribution in [-0.2, 0) is 9.59 Å². The van der Waals surface area contributed by atoms with Crippen molar-refractivity contribution in [1.29, 1.82) is 0 Å². The van der Waals surface area contributed by atoms with Crippen molar-refractivity contribution in [1.82, 2.24) is 14.7 Å². The third-order valence-electron chi connectivity index (χ3n) is 4.60. The molecule has 0 aromatic rings. The van der Waals surface area contributed by atoms with E-state index in [1.165, 1.54) is 0 Å². The molecule has 2 atom stereocenters. The van der Waals surface area contributed by atoms with E-state index in [1.54, 1.807) is 6.92 Å². The Hall–Kier alpha value is -1.10. The van der Waals surface area contributed by atoms with Gasteiger partial charge in [-0.1, -0.05) is 13.8 Å². The number of hydrogen-bond acceptors (Lipinski definition) is 3. The summed E-state index contributed by atoms with van der Waals surface area (Å²) in [5.41, 5.74) is 0. The average molecular weight is 281 g/mol. The molecule has 20 heavy (non-hydrogen) atoms. The minimum atomic E-state index is 0.150. The van der Waals surface area contributed by atoms with Crippen LogP contribution in [0.4, 0.5) is 0 Å². The maximum absolute atomic E-state index is 12.1. The third kappa shape index (κ3) is 2.82. The molecule has 2 rings (SSSR count). The van der Waals surface area contributed by atoms with Crippen molar-refractivity contribution in [3.05, 3.63) is 0 Å². The zero-order valence-corrected chi connectivity index (χ0v) is 13.0. The van der Waals surface area contributed by atoms with Crippen molar-refractivity contribution in [2.45, 2.75) is 65.2 Å². The van der Waals surface area contributed by atoms with Crippen LogP contribution >= 0.6 is 0 Å². The minimum Gasteiger partial charge on any atom is -0.327 e. The summed E-state index contributed by atoms with van der Waals surface area (Å²) in [6.45, 7) is 8.29. The van der Waals surface area contributed by atoms with E-state index in [9.17, 15) is 9.59 Å². The molecule has 2 aliphatic heterocycles. The highest BCUT2D eigenvalue weighted by atomic mass is 16.2. The van der Waals surface area contributed by atoms with Gasteiger partial charge in [-0.2, -0.15) is 0 Å². The molecule has 2 fully saturated rings. The van der Waals surface area contributed by atoms with Gasteiger partial charge < -0.3 is 9.80 Å². The van der Waals surface area contributed by atoms with Crippen LogP contribution in [0.1, 0.15) is 52.9 Å². The van der Waals surface area contributed by atoms with Gasteiger partial charge in [0.15, 0.2) is 0 Å². The lowest BCUT2D eigenvalue weighted by Crippen LogP contribution is -2.55. The normalized spacial score (nSPS) is 26.6. The molecule has 0 aromatic heterocycles. The van der Waals surface area contributed by atoms with Gasteiger partial charge in [0.25, 0.3) is 0 Å². The van der Waals surface area contributed by atoms with E-state index in [4.69, 9.17) is 0 Å². The van der Waals surface area contributed by atoms with Crippen molar-refractivity contribution in [2.24, 2.45) is 0 Å². The van der Waals surface area contributed by atoms with E-state index < -0.39 is 0 Å². The quantitative estimate of drug-likeness (QED) is 0.787. The Bertz CT molecular complexity index is 372. The van der Waals surface area contributed by atoms with E-state index in [-0.39, 0.29) is 24.1 Å². The molecule has 0 radical (unpaired) electrons. The van der Waals surface area contributed by atoms with Gasteiger partial charge in [0, 0.05) is 26.4 Å². The summed E-state index contributed by atoms with van der Waals surface area (Å²) in [5.74, 6) is 0.385. The second kappa shape index (κ2) is 6.57. The number of carbonyl (C=O) groups is 2. The summed E-state index contributed by atoms with van der Waals surface area (Å²) in [6, 6.07) is 0. The van der Waals surface area contributed by atoms with Crippen LogP contribution in [0.2, 0.25) is 0 Å². The van der Waals surface area contributed by atoms with E-state index in [1.807, 2.05) is 16.7 Å². The Morgan fingerprint density at radius 2 is 1.60 bits per heavy atom. The molecule has 0 spiro atoms. The lowest BCUT2D eigenvalue weighted by molar-refractivity contribution is -0.141. The first-order chi connectivity index (χ1) is 9.60. The molecule has 0 N–H and O–H groups in total. The second-order valence-electron chi connectivity index (χ2n) is 5.73. The predicted octanol–water partition coefficient (Wildman–Crippen LogP) is 1.64. The molecule has 0 bridgehead atoms. The fourth-order valence-electron chi connectivity index (χ4n) is 3.67. The zero-order chi connectivity index (χ0) is 14.7. The van der Waals surface area contributed by atoms with Crippen LogP contribution < -0.4 is 0 Å². The van der Waals surface area contributed by atoms with E-state index in [0.29, 0.717) is 6.42 Å². The first-order valence-electron chi connectivity index (χ1n) is 7.92. The van der Waals surface area contributed by atoms with E-state index >= 15 is 0 Å². The highest BCUT2D eigenvalue weighted by Crippen LogP contribution is 2.29. The molecule has 0 aromatic carbocycles. The molecule has 0 aliphatic carbocycles. The molecule has 2 amide bonds. The number of nitrogens with zero attached hydrogens (tertiary/aromatic N) is 3. The monoisotopic (exact) mass is 281 g/mol. The molecule has 2 aliphatic rings. The molecule has 114 valence electrons. The summed E-state index contributed by atoms with van der Waals surface area (Å²) < 4.78 is 0. The number of amides is 2. The summed E-state index contributed by atoms with van der Waals surface area (Å²) in [4.78, 5) is 30.2. The van der Waals surface area contributed by atoms with Crippen LogP contribution in [0.25, 0.3) is 0 Å². The number of carbonyl (C=O) groups excluding carboxylic acids is 2. The Kier molecular flexibility index (Phi) is 5.02. The fourth-order valence-corrected chi connectivity index (χ4v) is 3.67. The SMILES string of the molecule is CCC(=O)N1CCCC1N(CC)C1CCCN1C(C)=O. The van der Waals surface area contributed by atoms with Gasteiger partial charge in [-0.05, 0) is 32.2 Å². The van der Waals surface area contributed by atoms with Crippen molar-refractivity contribution in [3.63, 3.8) is 0 Å². The third-order valence-corrected chi connectivity index (χ3v) is 4.60. The second-order valence-corrected chi connectivity index (χ2v) is 5.73. The van der Waals surface area contributed by atoms with Crippen LogP contribution in [0, 0.1) is 0 Å². The standard InChI is InChI=1S/C15H27N3O2/c1-4-15(20)18-11-7-9-14(18)16(5-2)13-8-6-10-17(13)12(3)19/h13-14H,4-11H2,1-3H3. The van der Waals surface area contributed by atoms with Gasteiger partial charge in [-0.3, -0.25) is 14.5 Å². The predicted molar refractivity (Wildman–Crippen MR) is 77.8 cm³/mol. The number of hydrogen-bond donors (Lipinski definition) is 0. The summed E-state index contributed by atoms with van der Waals surface area (Å²) >= 11 is 0. The maximum Gasteiger partial charge on any atom is 0.223 e. The molecule has 2 unspecified atom stereocenters. The van der Waals surface area contributed by atoms with Gasteiger partial charge in [0.2, 0.25) is 11.8 Å². The van der Waals surface area contributed by atoms with Crippen LogP contribution in [0.15, 0.2) is 0 Å². The van der Waals surface area contributed by atoms with Crippen molar-refractivity contribution in [3.8, 4) is 0 Å². The van der Waals surface area contributed by atoms with Crippen LogP contribution in [-0.4, -0.2) is 58.5 Å². The van der Waals surface area contributed by atoms with E-state index in [2.05, 4.69) is 11.8 Å². The smallest absolute Gasteiger partial charge is 0.223 e. The van der Waals surface area contributed by atoms with Gasteiger partial charge in [0.1, 0.15) is 0 Å². The van der Waals surface area contributed by atoms with Crippen molar-refractivity contribution >= 4 is 11.8 Å². The number of likely N-dealkylation sites (tertiary alicyclic amines) is 2. The average Bonchev–Trinajstić information content (AvgIpc) is 3.08. The molecule has 2 saturated heterocycles. The molecule has 5 heteroatoms. The van der Waals surface area contributed by atoms with Crippen LogP contribution in [0.5, 0.6) is 0 Å². The summed E-state index contributed by atoms with van der Waals surface area (Å²) in [6.07, 6.45) is 5.11. The van der Waals surface area contributed by atoms with Gasteiger partial charge in [-0.15, -0.1) is 0 Å². The molecular weight excluding hydrogens is 254 g/mol.